The summed E-state index contributed by atoms with van der Waals surface area (Å²) >= 11 is 0. The van der Waals surface area contributed by atoms with Gasteiger partial charge in [0.1, 0.15) is 0 Å². The van der Waals surface area contributed by atoms with Gasteiger partial charge in [0.05, 0.1) is 13.2 Å². The van der Waals surface area contributed by atoms with E-state index in [0.29, 0.717) is 6.04 Å². The number of ether oxygens (including phenoxy) is 1. The average molecular weight is 262 g/mol. The third kappa shape index (κ3) is 4.94. The van der Waals surface area contributed by atoms with E-state index in [1.54, 1.807) is 0 Å². The number of rotatable bonds is 6. The van der Waals surface area contributed by atoms with Crippen LogP contribution in [0.5, 0.6) is 0 Å². The standard InChI is InChI=1S/C16H26N2O/c1-14-4-6-16(7-5-14)15(2)17-8-3-9-18-10-12-19-13-11-18/h4-7,15,17H,3,8-13H2,1-2H3. The fourth-order valence-corrected chi connectivity index (χ4v) is 2.42. The summed E-state index contributed by atoms with van der Waals surface area (Å²) in [5.41, 5.74) is 2.69. The van der Waals surface area contributed by atoms with Crippen LogP contribution in [0.3, 0.4) is 0 Å². The normalized spacial score (nSPS) is 18.4. The number of nitrogens with zero attached hydrogens (tertiary/aromatic N) is 1. The van der Waals surface area contributed by atoms with Gasteiger partial charge in [0.15, 0.2) is 0 Å². The molecule has 3 heteroatoms. The molecule has 1 saturated heterocycles. The summed E-state index contributed by atoms with van der Waals surface area (Å²) in [6, 6.07) is 9.23. The first kappa shape index (κ1) is 14.5. The molecule has 1 N–H and O–H groups in total. The Labute approximate surface area is 116 Å². The second-order valence-corrected chi connectivity index (χ2v) is 5.39. The summed E-state index contributed by atoms with van der Waals surface area (Å²) in [6.45, 7) is 10.6. The largest absolute Gasteiger partial charge is 0.379 e. The van der Waals surface area contributed by atoms with E-state index < -0.39 is 0 Å². The zero-order valence-electron chi connectivity index (χ0n) is 12.2. The van der Waals surface area contributed by atoms with Gasteiger partial charge in [-0.15, -0.1) is 0 Å². The smallest absolute Gasteiger partial charge is 0.0594 e. The van der Waals surface area contributed by atoms with Crippen molar-refractivity contribution in [1.29, 1.82) is 0 Å². The Morgan fingerprint density at radius 2 is 1.89 bits per heavy atom. The van der Waals surface area contributed by atoms with Crippen LogP contribution in [-0.4, -0.2) is 44.3 Å². The molecule has 19 heavy (non-hydrogen) atoms. The van der Waals surface area contributed by atoms with Gasteiger partial charge in [-0.1, -0.05) is 29.8 Å². The van der Waals surface area contributed by atoms with E-state index in [2.05, 4.69) is 48.3 Å². The maximum absolute atomic E-state index is 5.35. The molecule has 1 unspecified atom stereocenters. The molecule has 1 aliphatic heterocycles. The van der Waals surface area contributed by atoms with Crippen molar-refractivity contribution < 1.29 is 4.74 Å². The molecule has 1 aromatic carbocycles. The van der Waals surface area contributed by atoms with Crippen LogP contribution >= 0.6 is 0 Å². The quantitative estimate of drug-likeness (QED) is 0.797. The van der Waals surface area contributed by atoms with Crippen LogP contribution in [0.2, 0.25) is 0 Å². The molecule has 1 aliphatic rings. The maximum atomic E-state index is 5.35. The Hall–Kier alpha value is -0.900. The summed E-state index contributed by atoms with van der Waals surface area (Å²) in [4.78, 5) is 2.49. The summed E-state index contributed by atoms with van der Waals surface area (Å²) in [6.07, 6.45) is 1.20. The van der Waals surface area contributed by atoms with Gasteiger partial charge in [-0.3, -0.25) is 4.90 Å². The summed E-state index contributed by atoms with van der Waals surface area (Å²) in [5, 5.41) is 3.60. The monoisotopic (exact) mass is 262 g/mol. The Bertz CT molecular complexity index is 358. The molecular weight excluding hydrogens is 236 g/mol. The lowest BCUT2D eigenvalue weighted by Crippen LogP contribution is -2.37. The SMILES string of the molecule is Cc1ccc(C(C)NCCCN2CCOCC2)cc1. The first-order chi connectivity index (χ1) is 9.25. The minimum Gasteiger partial charge on any atom is -0.379 e. The predicted octanol–water partition coefficient (Wildman–Crippen LogP) is 2.37. The first-order valence-electron chi connectivity index (χ1n) is 7.36. The summed E-state index contributed by atoms with van der Waals surface area (Å²) < 4.78 is 5.35. The lowest BCUT2D eigenvalue weighted by atomic mass is 10.1. The number of benzene rings is 1. The lowest BCUT2D eigenvalue weighted by Gasteiger charge is -2.26. The highest BCUT2D eigenvalue weighted by atomic mass is 16.5. The van der Waals surface area contributed by atoms with Gasteiger partial charge in [-0.2, -0.15) is 0 Å². The van der Waals surface area contributed by atoms with Crippen molar-refractivity contribution >= 4 is 0 Å². The third-order valence-electron chi connectivity index (χ3n) is 3.78. The molecule has 1 atom stereocenters. The summed E-state index contributed by atoms with van der Waals surface area (Å²) in [7, 11) is 0. The lowest BCUT2D eigenvalue weighted by molar-refractivity contribution is 0.0374. The number of hydrogen-bond acceptors (Lipinski definition) is 3. The molecule has 0 saturated carbocycles. The average Bonchev–Trinajstić information content (AvgIpc) is 2.45. The zero-order valence-corrected chi connectivity index (χ0v) is 12.2. The van der Waals surface area contributed by atoms with E-state index in [0.717, 1.165) is 32.8 Å². The van der Waals surface area contributed by atoms with Crippen LogP contribution in [0.15, 0.2) is 24.3 Å². The van der Waals surface area contributed by atoms with Crippen LogP contribution in [-0.2, 0) is 4.74 Å². The van der Waals surface area contributed by atoms with E-state index in [1.165, 1.54) is 24.1 Å². The molecule has 0 aliphatic carbocycles. The van der Waals surface area contributed by atoms with E-state index in [-0.39, 0.29) is 0 Å². The second kappa shape index (κ2) is 7.63. The highest BCUT2D eigenvalue weighted by Gasteiger charge is 2.09. The molecule has 0 aromatic heterocycles. The minimum atomic E-state index is 0.435. The Morgan fingerprint density at radius 3 is 2.58 bits per heavy atom. The molecule has 1 fully saturated rings. The van der Waals surface area contributed by atoms with Crippen molar-refractivity contribution in [3.05, 3.63) is 35.4 Å². The molecular formula is C16H26N2O. The van der Waals surface area contributed by atoms with Gasteiger partial charge in [0, 0.05) is 19.1 Å². The van der Waals surface area contributed by atoms with Gasteiger partial charge < -0.3 is 10.1 Å². The molecule has 2 rings (SSSR count). The molecule has 106 valence electrons. The van der Waals surface area contributed by atoms with Gasteiger partial charge in [-0.05, 0) is 38.9 Å². The third-order valence-corrected chi connectivity index (χ3v) is 3.78. The molecule has 0 radical (unpaired) electrons. The van der Waals surface area contributed by atoms with Crippen molar-refractivity contribution in [3.63, 3.8) is 0 Å². The summed E-state index contributed by atoms with van der Waals surface area (Å²) in [5.74, 6) is 0. The number of nitrogens with one attached hydrogen (secondary N) is 1. The fourth-order valence-electron chi connectivity index (χ4n) is 2.42. The molecule has 3 nitrogen and oxygen atoms in total. The topological polar surface area (TPSA) is 24.5 Å². The highest BCUT2D eigenvalue weighted by Crippen LogP contribution is 2.12. The zero-order chi connectivity index (χ0) is 13.5. The van der Waals surface area contributed by atoms with Crippen molar-refractivity contribution in [2.75, 3.05) is 39.4 Å². The molecule has 0 spiro atoms. The minimum absolute atomic E-state index is 0.435. The van der Waals surface area contributed by atoms with Crippen LogP contribution < -0.4 is 5.32 Å². The Kier molecular flexibility index (Phi) is 5.83. The van der Waals surface area contributed by atoms with Crippen LogP contribution in [0.1, 0.15) is 30.5 Å². The number of morpholine rings is 1. The van der Waals surface area contributed by atoms with Crippen LogP contribution in [0.25, 0.3) is 0 Å². The van der Waals surface area contributed by atoms with Crippen molar-refractivity contribution in [1.82, 2.24) is 10.2 Å². The van der Waals surface area contributed by atoms with E-state index in [4.69, 9.17) is 4.74 Å². The van der Waals surface area contributed by atoms with Gasteiger partial charge in [0.2, 0.25) is 0 Å². The van der Waals surface area contributed by atoms with E-state index in [1.807, 2.05) is 0 Å². The van der Waals surface area contributed by atoms with Gasteiger partial charge >= 0.3 is 0 Å². The second-order valence-electron chi connectivity index (χ2n) is 5.39. The maximum Gasteiger partial charge on any atom is 0.0594 e. The Morgan fingerprint density at radius 1 is 1.21 bits per heavy atom. The number of hydrogen-bond donors (Lipinski definition) is 1. The fraction of sp³-hybridized carbons (Fsp3) is 0.625. The molecule has 1 aromatic rings. The van der Waals surface area contributed by atoms with Crippen molar-refractivity contribution in [3.8, 4) is 0 Å². The Balaban J connectivity index is 1.63. The highest BCUT2D eigenvalue weighted by molar-refractivity contribution is 5.23. The van der Waals surface area contributed by atoms with E-state index >= 15 is 0 Å². The molecule has 1 heterocycles. The van der Waals surface area contributed by atoms with Crippen molar-refractivity contribution in [2.24, 2.45) is 0 Å². The first-order valence-corrected chi connectivity index (χ1v) is 7.36. The van der Waals surface area contributed by atoms with Gasteiger partial charge in [0.25, 0.3) is 0 Å². The number of aryl methyl sites for hydroxylation is 1. The van der Waals surface area contributed by atoms with Gasteiger partial charge in [-0.25, -0.2) is 0 Å². The molecule has 0 amide bonds. The predicted molar refractivity (Wildman–Crippen MR) is 79.5 cm³/mol. The molecule has 0 bridgehead atoms. The van der Waals surface area contributed by atoms with E-state index in [9.17, 15) is 0 Å². The van der Waals surface area contributed by atoms with Crippen LogP contribution in [0, 0.1) is 6.92 Å². The van der Waals surface area contributed by atoms with Crippen molar-refractivity contribution in [2.45, 2.75) is 26.3 Å². The van der Waals surface area contributed by atoms with Crippen LogP contribution in [0.4, 0.5) is 0 Å².